The number of carbonyl (C=O) groups excluding carboxylic acids is 2. The van der Waals surface area contributed by atoms with Crippen LogP contribution in [-0.2, 0) is 9.59 Å². The van der Waals surface area contributed by atoms with Crippen molar-refractivity contribution in [3.05, 3.63) is 59.7 Å². The zero-order chi connectivity index (χ0) is 17.1. The van der Waals surface area contributed by atoms with E-state index in [4.69, 9.17) is 0 Å². The molecule has 2 aromatic rings. The summed E-state index contributed by atoms with van der Waals surface area (Å²) in [5, 5.41) is 18.4. The number of rotatable bonds is 2. The van der Waals surface area contributed by atoms with Gasteiger partial charge in [-0.15, -0.1) is 0 Å². The van der Waals surface area contributed by atoms with E-state index in [2.05, 4.69) is 0 Å². The lowest BCUT2D eigenvalue weighted by atomic mass is 10.1. The zero-order valence-corrected chi connectivity index (χ0v) is 12.6. The number of para-hydroxylation sites is 2. The number of hydrogen-bond donors (Lipinski definition) is 0. The highest BCUT2D eigenvalue weighted by atomic mass is 16.2. The molecular formula is C18H12N4O2. The normalized spacial score (nSPS) is 14.2. The van der Waals surface area contributed by atoms with Gasteiger partial charge in [0.25, 0.3) is 0 Å². The monoisotopic (exact) mass is 316 g/mol. The highest BCUT2D eigenvalue weighted by Gasteiger charge is 2.33. The Balaban J connectivity index is 1.94. The number of amides is 2. The molecule has 0 aromatic heterocycles. The zero-order valence-electron chi connectivity index (χ0n) is 12.6. The molecule has 0 spiro atoms. The van der Waals surface area contributed by atoms with Gasteiger partial charge in [-0.3, -0.25) is 9.59 Å². The van der Waals surface area contributed by atoms with Crippen LogP contribution in [0.4, 0.5) is 11.4 Å². The number of nitrogens with zero attached hydrogens (tertiary/aromatic N) is 4. The summed E-state index contributed by atoms with van der Waals surface area (Å²) in [6.07, 6.45) is 0. The molecule has 1 fully saturated rings. The Morgan fingerprint density at radius 3 is 1.46 bits per heavy atom. The molecule has 1 heterocycles. The molecule has 0 aliphatic carbocycles. The van der Waals surface area contributed by atoms with Crippen molar-refractivity contribution in [1.29, 1.82) is 10.5 Å². The summed E-state index contributed by atoms with van der Waals surface area (Å²) < 4.78 is 0. The van der Waals surface area contributed by atoms with Gasteiger partial charge in [-0.1, -0.05) is 24.3 Å². The minimum Gasteiger partial charge on any atom is -0.300 e. The summed E-state index contributed by atoms with van der Waals surface area (Å²) >= 11 is 0. The molecule has 2 amide bonds. The Kier molecular flexibility index (Phi) is 3.96. The van der Waals surface area contributed by atoms with Gasteiger partial charge < -0.3 is 9.80 Å². The van der Waals surface area contributed by atoms with Crippen molar-refractivity contribution >= 4 is 23.2 Å². The molecule has 1 saturated heterocycles. The number of anilines is 2. The van der Waals surface area contributed by atoms with Gasteiger partial charge in [0.2, 0.25) is 11.8 Å². The molecule has 0 bridgehead atoms. The highest BCUT2D eigenvalue weighted by molar-refractivity contribution is 6.13. The van der Waals surface area contributed by atoms with E-state index in [9.17, 15) is 20.1 Å². The fourth-order valence-electron chi connectivity index (χ4n) is 2.66. The predicted molar refractivity (Wildman–Crippen MR) is 87.0 cm³/mol. The first-order valence-electron chi connectivity index (χ1n) is 7.24. The lowest BCUT2D eigenvalue weighted by molar-refractivity contribution is -0.125. The molecule has 116 valence electrons. The van der Waals surface area contributed by atoms with Gasteiger partial charge in [0.15, 0.2) is 0 Å². The first-order valence-corrected chi connectivity index (χ1v) is 7.24. The van der Waals surface area contributed by atoms with Gasteiger partial charge in [-0.05, 0) is 24.3 Å². The first-order chi connectivity index (χ1) is 11.7. The Morgan fingerprint density at radius 2 is 1.08 bits per heavy atom. The van der Waals surface area contributed by atoms with Gasteiger partial charge in [-0.2, -0.15) is 10.5 Å². The molecule has 1 aliphatic heterocycles. The Hall–Kier alpha value is -3.64. The number of piperazine rings is 1. The standard InChI is InChI=1S/C18H12N4O2/c19-9-13-5-1-3-7-15(13)21-11-18(24)22(12-17(21)23)16-8-4-2-6-14(16)10-20/h1-8H,11-12H2. The summed E-state index contributed by atoms with van der Waals surface area (Å²) in [6, 6.07) is 17.4. The van der Waals surface area contributed by atoms with Crippen LogP contribution in [0.3, 0.4) is 0 Å². The predicted octanol–water partition coefficient (Wildman–Crippen LogP) is 1.81. The fourth-order valence-corrected chi connectivity index (χ4v) is 2.66. The van der Waals surface area contributed by atoms with E-state index in [0.29, 0.717) is 22.5 Å². The SMILES string of the molecule is N#Cc1ccccc1N1CC(=O)N(c2ccccc2C#N)CC1=O. The minimum absolute atomic E-state index is 0.169. The van der Waals surface area contributed by atoms with Gasteiger partial charge in [0.05, 0.1) is 22.5 Å². The third-order valence-electron chi connectivity index (χ3n) is 3.82. The maximum atomic E-state index is 12.5. The Bertz CT molecular complexity index is 832. The smallest absolute Gasteiger partial charge is 0.247 e. The van der Waals surface area contributed by atoms with Gasteiger partial charge in [-0.25, -0.2) is 0 Å². The second kappa shape index (κ2) is 6.23. The first kappa shape index (κ1) is 15.3. The number of hydrogen-bond acceptors (Lipinski definition) is 4. The van der Waals surface area contributed by atoms with Crippen LogP contribution in [0.25, 0.3) is 0 Å². The second-order valence-corrected chi connectivity index (χ2v) is 5.22. The summed E-state index contributed by atoms with van der Waals surface area (Å²) in [7, 11) is 0. The molecule has 0 saturated carbocycles. The quantitative estimate of drug-likeness (QED) is 0.845. The average Bonchev–Trinajstić information content (AvgIpc) is 2.63. The van der Waals surface area contributed by atoms with Crippen LogP contribution in [-0.4, -0.2) is 24.9 Å². The van der Waals surface area contributed by atoms with E-state index in [1.54, 1.807) is 48.5 Å². The van der Waals surface area contributed by atoms with E-state index in [1.165, 1.54) is 9.80 Å². The van der Waals surface area contributed by atoms with Gasteiger partial charge in [0.1, 0.15) is 25.2 Å². The van der Waals surface area contributed by atoms with Crippen LogP contribution in [0.5, 0.6) is 0 Å². The van der Waals surface area contributed by atoms with E-state index >= 15 is 0 Å². The van der Waals surface area contributed by atoms with Crippen molar-refractivity contribution in [3.8, 4) is 12.1 Å². The molecule has 24 heavy (non-hydrogen) atoms. The summed E-state index contributed by atoms with van der Waals surface area (Å²) in [5.41, 5.74) is 1.52. The molecule has 2 aromatic carbocycles. The van der Waals surface area contributed by atoms with E-state index in [-0.39, 0.29) is 24.9 Å². The topological polar surface area (TPSA) is 88.2 Å². The van der Waals surface area contributed by atoms with Gasteiger partial charge in [0, 0.05) is 0 Å². The van der Waals surface area contributed by atoms with Crippen molar-refractivity contribution in [2.24, 2.45) is 0 Å². The van der Waals surface area contributed by atoms with Crippen LogP contribution in [0.1, 0.15) is 11.1 Å². The largest absolute Gasteiger partial charge is 0.300 e. The molecule has 0 atom stereocenters. The maximum Gasteiger partial charge on any atom is 0.247 e. The van der Waals surface area contributed by atoms with Crippen LogP contribution >= 0.6 is 0 Å². The van der Waals surface area contributed by atoms with Crippen molar-refractivity contribution in [2.45, 2.75) is 0 Å². The third kappa shape index (κ3) is 2.57. The van der Waals surface area contributed by atoms with E-state index in [1.807, 2.05) is 12.1 Å². The molecule has 6 nitrogen and oxygen atoms in total. The second-order valence-electron chi connectivity index (χ2n) is 5.22. The molecule has 0 radical (unpaired) electrons. The third-order valence-corrected chi connectivity index (χ3v) is 3.82. The van der Waals surface area contributed by atoms with Crippen molar-refractivity contribution in [2.75, 3.05) is 22.9 Å². The minimum atomic E-state index is -0.301. The van der Waals surface area contributed by atoms with Crippen LogP contribution in [0.15, 0.2) is 48.5 Å². The Morgan fingerprint density at radius 1 is 0.708 bits per heavy atom. The molecular weight excluding hydrogens is 304 g/mol. The average molecular weight is 316 g/mol. The van der Waals surface area contributed by atoms with Crippen LogP contribution in [0, 0.1) is 22.7 Å². The summed E-state index contributed by atoms with van der Waals surface area (Å²) in [5.74, 6) is -0.602. The van der Waals surface area contributed by atoms with Gasteiger partial charge >= 0.3 is 0 Å². The van der Waals surface area contributed by atoms with E-state index in [0.717, 1.165) is 0 Å². The lowest BCUT2D eigenvalue weighted by Gasteiger charge is -2.34. The number of nitriles is 2. The lowest BCUT2D eigenvalue weighted by Crippen LogP contribution is -2.54. The van der Waals surface area contributed by atoms with E-state index < -0.39 is 0 Å². The molecule has 3 rings (SSSR count). The number of benzene rings is 2. The highest BCUT2D eigenvalue weighted by Crippen LogP contribution is 2.26. The molecule has 6 heteroatoms. The Labute approximate surface area is 138 Å². The summed E-state index contributed by atoms with van der Waals surface area (Å²) in [4.78, 5) is 27.7. The molecule has 1 aliphatic rings. The number of carbonyl (C=O) groups is 2. The molecule has 0 N–H and O–H groups in total. The summed E-state index contributed by atoms with van der Waals surface area (Å²) in [6.45, 7) is -0.339. The van der Waals surface area contributed by atoms with Crippen molar-refractivity contribution in [3.63, 3.8) is 0 Å². The fraction of sp³-hybridized carbons (Fsp3) is 0.111. The molecule has 0 unspecified atom stereocenters. The van der Waals surface area contributed by atoms with Crippen LogP contribution < -0.4 is 9.80 Å². The maximum absolute atomic E-state index is 12.5. The van der Waals surface area contributed by atoms with Crippen molar-refractivity contribution < 1.29 is 9.59 Å². The van der Waals surface area contributed by atoms with Crippen LogP contribution in [0.2, 0.25) is 0 Å². The van der Waals surface area contributed by atoms with Crippen molar-refractivity contribution in [1.82, 2.24) is 0 Å².